The van der Waals surface area contributed by atoms with Crippen molar-refractivity contribution in [3.63, 3.8) is 0 Å². The van der Waals surface area contributed by atoms with Gasteiger partial charge in [0.1, 0.15) is 10.6 Å². The van der Waals surface area contributed by atoms with Crippen molar-refractivity contribution in [1.29, 1.82) is 0 Å². The fraction of sp³-hybridized carbons (Fsp3) is 0.217. The van der Waals surface area contributed by atoms with Crippen LogP contribution >= 0.6 is 23.1 Å². The highest BCUT2D eigenvalue weighted by atomic mass is 32.2. The average Bonchev–Trinajstić information content (AvgIpc) is 3.17. The molecule has 2 heterocycles. The molecule has 0 atom stereocenters. The Hall–Kier alpha value is -3.04. The van der Waals surface area contributed by atoms with Crippen molar-refractivity contribution < 1.29 is 9.31 Å². The Morgan fingerprint density at radius 3 is 2.62 bits per heavy atom. The number of thioether (sulfide) groups is 1. The highest BCUT2D eigenvalue weighted by Crippen LogP contribution is 2.36. The number of nitrogens with zero attached hydrogens (tertiary/aromatic N) is 3. The number of hydrogen-bond acceptors (Lipinski definition) is 6. The van der Waals surface area contributed by atoms with E-state index in [2.05, 4.69) is 0 Å². The van der Waals surface area contributed by atoms with Gasteiger partial charge >= 0.3 is 0 Å². The lowest BCUT2D eigenvalue weighted by Crippen LogP contribution is -2.23. The predicted octanol–water partition coefficient (Wildman–Crippen LogP) is 5.67. The van der Waals surface area contributed by atoms with E-state index in [0.717, 1.165) is 36.8 Å². The third-order valence-corrected chi connectivity index (χ3v) is 7.76. The van der Waals surface area contributed by atoms with Gasteiger partial charge in [0.15, 0.2) is 5.16 Å². The van der Waals surface area contributed by atoms with E-state index in [0.29, 0.717) is 21.1 Å². The lowest BCUT2D eigenvalue weighted by atomic mass is 9.97. The first kappa shape index (κ1) is 20.8. The van der Waals surface area contributed by atoms with E-state index in [1.54, 1.807) is 41.7 Å². The van der Waals surface area contributed by atoms with Gasteiger partial charge in [0, 0.05) is 22.8 Å². The van der Waals surface area contributed by atoms with Crippen LogP contribution in [0, 0.1) is 15.9 Å². The summed E-state index contributed by atoms with van der Waals surface area (Å²) in [5, 5.41) is 11.9. The molecule has 0 saturated heterocycles. The first-order chi connectivity index (χ1) is 15.5. The standard InChI is InChI=1S/C23H18FN3O3S2/c24-17-6-2-3-7-18(17)26-22(28)20-16-5-1-4-8-19(16)32-21(20)25-23(26)31-13-14-9-11-15(12-10-14)27(29)30/h2-3,6-7,9-12H,1,4-5,8,13H2. The van der Waals surface area contributed by atoms with Crippen molar-refractivity contribution in [2.24, 2.45) is 0 Å². The quantitative estimate of drug-likeness (QED) is 0.164. The molecule has 2 aromatic carbocycles. The van der Waals surface area contributed by atoms with Crippen molar-refractivity contribution >= 4 is 39.0 Å². The number of non-ortho nitro benzene ring substituents is 1. The van der Waals surface area contributed by atoms with E-state index in [9.17, 15) is 19.3 Å². The molecule has 0 spiro atoms. The number of nitro benzene ring substituents is 1. The topological polar surface area (TPSA) is 78.0 Å². The average molecular weight is 468 g/mol. The zero-order valence-electron chi connectivity index (χ0n) is 16.9. The maximum atomic E-state index is 14.7. The number of fused-ring (bicyclic) bond motifs is 3. The molecule has 0 N–H and O–H groups in total. The Bertz CT molecular complexity index is 1400. The van der Waals surface area contributed by atoms with Gasteiger partial charge in [0.25, 0.3) is 11.2 Å². The van der Waals surface area contributed by atoms with Crippen LogP contribution in [0.4, 0.5) is 10.1 Å². The molecule has 9 heteroatoms. The van der Waals surface area contributed by atoms with Gasteiger partial charge in [-0.25, -0.2) is 9.37 Å². The molecule has 1 aliphatic rings. The van der Waals surface area contributed by atoms with E-state index in [1.165, 1.54) is 39.4 Å². The summed E-state index contributed by atoms with van der Waals surface area (Å²) in [5.41, 5.74) is 1.86. The first-order valence-electron chi connectivity index (χ1n) is 10.2. The van der Waals surface area contributed by atoms with Crippen LogP contribution in [-0.4, -0.2) is 14.5 Å². The summed E-state index contributed by atoms with van der Waals surface area (Å²) in [6.07, 6.45) is 3.93. The minimum absolute atomic E-state index is 0.0192. The van der Waals surface area contributed by atoms with Crippen LogP contribution in [0.25, 0.3) is 15.9 Å². The molecule has 5 rings (SSSR count). The van der Waals surface area contributed by atoms with Gasteiger partial charge < -0.3 is 0 Å². The Labute approximate surface area is 190 Å². The zero-order chi connectivity index (χ0) is 22.2. The van der Waals surface area contributed by atoms with E-state index in [-0.39, 0.29) is 16.9 Å². The minimum Gasteiger partial charge on any atom is -0.268 e. The molecule has 32 heavy (non-hydrogen) atoms. The van der Waals surface area contributed by atoms with Gasteiger partial charge in [0.2, 0.25) is 0 Å². The fourth-order valence-electron chi connectivity index (χ4n) is 3.99. The van der Waals surface area contributed by atoms with Gasteiger partial charge in [-0.05, 0) is 48.9 Å². The highest BCUT2D eigenvalue weighted by Gasteiger charge is 2.23. The van der Waals surface area contributed by atoms with Crippen molar-refractivity contribution in [2.45, 2.75) is 36.6 Å². The van der Waals surface area contributed by atoms with E-state index in [1.807, 2.05) is 0 Å². The van der Waals surface area contributed by atoms with Gasteiger partial charge in [-0.3, -0.25) is 19.5 Å². The van der Waals surface area contributed by atoms with Gasteiger partial charge in [0.05, 0.1) is 16.0 Å². The van der Waals surface area contributed by atoms with E-state index >= 15 is 0 Å². The van der Waals surface area contributed by atoms with Crippen LogP contribution < -0.4 is 5.56 Å². The second kappa shape index (κ2) is 8.48. The summed E-state index contributed by atoms with van der Waals surface area (Å²) in [6.45, 7) is 0. The molecule has 1 aliphatic carbocycles. The lowest BCUT2D eigenvalue weighted by Gasteiger charge is -2.14. The third-order valence-electron chi connectivity index (χ3n) is 5.57. The number of thiophene rings is 1. The summed E-state index contributed by atoms with van der Waals surface area (Å²) in [4.78, 5) is 30.8. The van der Waals surface area contributed by atoms with Crippen LogP contribution in [0.5, 0.6) is 0 Å². The maximum absolute atomic E-state index is 14.7. The second-order valence-electron chi connectivity index (χ2n) is 7.59. The molecular weight excluding hydrogens is 449 g/mol. The number of para-hydroxylation sites is 1. The maximum Gasteiger partial charge on any atom is 0.269 e. The Balaban J connectivity index is 1.62. The molecule has 4 aromatic rings. The molecular formula is C23H18FN3O3S2. The van der Waals surface area contributed by atoms with Crippen molar-refractivity contribution in [2.75, 3.05) is 0 Å². The summed E-state index contributed by atoms with van der Waals surface area (Å²) < 4.78 is 16.1. The van der Waals surface area contributed by atoms with Gasteiger partial charge in [-0.1, -0.05) is 36.0 Å². The predicted molar refractivity (Wildman–Crippen MR) is 124 cm³/mol. The first-order valence-corrected chi connectivity index (χ1v) is 12.0. The smallest absolute Gasteiger partial charge is 0.268 e. The second-order valence-corrected chi connectivity index (χ2v) is 9.62. The SMILES string of the molecule is O=c1c2c3c(sc2nc(SCc2ccc([N+](=O)[O-])cc2)n1-c1ccccc1F)CCCC3. The van der Waals surface area contributed by atoms with Gasteiger partial charge in [-0.2, -0.15) is 0 Å². The molecule has 0 amide bonds. The number of aryl methyl sites for hydroxylation is 2. The molecule has 0 aliphatic heterocycles. The van der Waals surface area contributed by atoms with E-state index in [4.69, 9.17) is 4.98 Å². The Morgan fingerprint density at radius 2 is 1.88 bits per heavy atom. The largest absolute Gasteiger partial charge is 0.269 e. The summed E-state index contributed by atoms with van der Waals surface area (Å²) in [5.74, 6) is -0.0489. The minimum atomic E-state index is -0.489. The molecule has 0 fully saturated rings. The van der Waals surface area contributed by atoms with Crippen LogP contribution in [0.1, 0.15) is 28.8 Å². The van der Waals surface area contributed by atoms with Crippen molar-refractivity contribution in [1.82, 2.24) is 9.55 Å². The number of hydrogen-bond donors (Lipinski definition) is 0. The summed E-state index contributed by atoms with van der Waals surface area (Å²) in [6, 6.07) is 12.5. The number of benzene rings is 2. The molecule has 0 unspecified atom stereocenters. The van der Waals surface area contributed by atoms with E-state index < -0.39 is 10.7 Å². The highest BCUT2D eigenvalue weighted by molar-refractivity contribution is 7.98. The summed E-state index contributed by atoms with van der Waals surface area (Å²) in [7, 11) is 0. The Morgan fingerprint density at radius 1 is 1.12 bits per heavy atom. The normalized spacial score (nSPS) is 13.3. The lowest BCUT2D eigenvalue weighted by molar-refractivity contribution is -0.384. The molecule has 0 radical (unpaired) electrons. The fourth-order valence-corrected chi connectivity index (χ4v) is 6.25. The molecule has 6 nitrogen and oxygen atoms in total. The molecule has 2 aromatic heterocycles. The number of halogens is 1. The van der Waals surface area contributed by atoms with Crippen LogP contribution in [-0.2, 0) is 18.6 Å². The molecule has 0 saturated carbocycles. The monoisotopic (exact) mass is 467 g/mol. The third kappa shape index (κ3) is 3.71. The zero-order valence-corrected chi connectivity index (χ0v) is 18.5. The van der Waals surface area contributed by atoms with Crippen LogP contribution in [0.2, 0.25) is 0 Å². The molecule has 0 bridgehead atoms. The number of aromatic nitrogens is 2. The summed E-state index contributed by atoms with van der Waals surface area (Å²) >= 11 is 2.87. The van der Waals surface area contributed by atoms with Crippen LogP contribution in [0.15, 0.2) is 58.5 Å². The Kier molecular flexibility index (Phi) is 5.52. The van der Waals surface area contributed by atoms with Crippen molar-refractivity contribution in [3.05, 3.63) is 90.8 Å². The van der Waals surface area contributed by atoms with Crippen molar-refractivity contribution in [3.8, 4) is 5.69 Å². The van der Waals surface area contributed by atoms with Gasteiger partial charge in [-0.15, -0.1) is 11.3 Å². The molecule has 162 valence electrons. The number of rotatable bonds is 5. The number of nitro groups is 1. The van der Waals surface area contributed by atoms with Crippen LogP contribution in [0.3, 0.4) is 0 Å².